The molecule has 194 valence electrons. The summed E-state index contributed by atoms with van der Waals surface area (Å²) in [5, 5.41) is 2.83. The van der Waals surface area contributed by atoms with Crippen LogP contribution in [0.5, 0.6) is 0 Å². The molecule has 0 saturated carbocycles. The highest BCUT2D eigenvalue weighted by Gasteiger charge is 2.45. The van der Waals surface area contributed by atoms with Crippen LogP contribution < -0.4 is 20.9 Å². The molecule has 0 bridgehead atoms. The monoisotopic (exact) mass is 540 g/mol. The number of carbonyl (C=O) groups excluding carboxylic acids is 1. The minimum Gasteiger partial charge on any atom is -0.354 e. The maximum Gasteiger partial charge on any atom is 0.278 e. The van der Waals surface area contributed by atoms with Gasteiger partial charge < -0.3 is 20.9 Å². The number of pyridine rings is 1. The van der Waals surface area contributed by atoms with Gasteiger partial charge in [0.15, 0.2) is 0 Å². The van der Waals surface area contributed by atoms with Crippen LogP contribution in [0.2, 0.25) is 5.15 Å². The van der Waals surface area contributed by atoms with Crippen LogP contribution in [-0.4, -0.2) is 75.5 Å². The van der Waals surface area contributed by atoms with Gasteiger partial charge in [0.05, 0.1) is 10.8 Å². The average molecular weight is 541 g/mol. The zero-order valence-corrected chi connectivity index (χ0v) is 21.0. The molecule has 3 N–H and O–H groups in total. The second-order valence-electron chi connectivity index (χ2n) is 9.37. The Morgan fingerprint density at radius 3 is 2.31 bits per heavy atom. The molecule has 1 amide bonds. The Balaban J connectivity index is 1.27. The molecule has 2 aromatic rings. The van der Waals surface area contributed by atoms with Gasteiger partial charge in [-0.05, 0) is 36.4 Å². The van der Waals surface area contributed by atoms with Crippen LogP contribution in [0.3, 0.4) is 0 Å². The number of piperazine rings is 1. The topological polar surface area (TPSA) is 112 Å². The van der Waals surface area contributed by atoms with Gasteiger partial charge in [0.1, 0.15) is 11.0 Å². The lowest BCUT2D eigenvalue weighted by Gasteiger charge is -2.36. The van der Waals surface area contributed by atoms with Crippen LogP contribution >= 0.6 is 11.6 Å². The van der Waals surface area contributed by atoms with Crippen LogP contribution in [0.1, 0.15) is 12.0 Å². The molecular formula is C23H27ClF2N6O3S. The van der Waals surface area contributed by atoms with Crippen LogP contribution in [-0.2, 0) is 20.7 Å². The van der Waals surface area contributed by atoms with Crippen molar-refractivity contribution < 1.29 is 22.0 Å². The zero-order chi connectivity index (χ0) is 25.7. The summed E-state index contributed by atoms with van der Waals surface area (Å²) >= 11 is 6.07. The Morgan fingerprint density at radius 1 is 1.08 bits per heavy atom. The van der Waals surface area contributed by atoms with Gasteiger partial charge in [-0.2, -0.15) is 4.31 Å². The molecular weight excluding hydrogens is 514 g/mol. The third-order valence-electron chi connectivity index (χ3n) is 6.96. The van der Waals surface area contributed by atoms with Gasteiger partial charge in [-0.1, -0.05) is 11.6 Å². The van der Waals surface area contributed by atoms with Crippen molar-refractivity contribution in [3.63, 3.8) is 0 Å². The van der Waals surface area contributed by atoms with Crippen molar-refractivity contribution in [3.05, 3.63) is 47.1 Å². The van der Waals surface area contributed by atoms with Gasteiger partial charge in [-0.3, -0.25) is 4.79 Å². The number of alkyl halides is 2. The number of aromatic nitrogens is 1. The number of amides is 1. The van der Waals surface area contributed by atoms with Crippen molar-refractivity contribution in [1.82, 2.24) is 14.6 Å². The smallest absolute Gasteiger partial charge is 0.278 e. The second kappa shape index (κ2) is 9.49. The van der Waals surface area contributed by atoms with E-state index in [0.717, 1.165) is 0 Å². The summed E-state index contributed by atoms with van der Waals surface area (Å²) in [7, 11) is -3.77. The molecule has 0 unspecified atom stereocenters. The molecule has 3 aliphatic heterocycles. The van der Waals surface area contributed by atoms with Crippen molar-refractivity contribution in [2.24, 2.45) is 11.7 Å². The highest BCUT2D eigenvalue weighted by Crippen LogP contribution is 2.40. The molecule has 1 aromatic carbocycles. The largest absolute Gasteiger partial charge is 0.354 e. The number of sulfonamides is 1. The molecule has 1 aromatic heterocycles. The summed E-state index contributed by atoms with van der Waals surface area (Å²) in [4.78, 5) is 19.7. The number of nitrogens with two attached hydrogens (primary N) is 1. The quantitative estimate of drug-likeness (QED) is 0.536. The normalized spacial score (nSPS) is 22.2. The number of nitrogens with zero attached hydrogens (tertiary/aromatic N) is 4. The van der Waals surface area contributed by atoms with Crippen molar-refractivity contribution in [2.45, 2.75) is 23.3 Å². The SMILES string of the molecule is N[C@@H]1CC(=O)N(c2ccc(S(=O)(=O)N3CCN(c4cc(C(F)(F)C5CNC5)cc(Cl)n4)CC3)cc2)C1. The second-order valence-corrected chi connectivity index (χ2v) is 11.7. The summed E-state index contributed by atoms with van der Waals surface area (Å²) in [5.74, 6) is -3.61. The lowest BCUT2D eigenvalue weighted by atomic mass is 9.90. The van der Waals surface area contributed by atoms with Crippen molar-refractivity contribution in [2.75, 3.05) is 55.6 Å². The molecule has 9 nitrogen and oxygen atoms in total. The van der Waals surface area contributed by atoms with Gasteiger partial charge in [0.2, 0.25) is 15.9 Å². The predicted octanol–water partition coefficient (Wildman–Crippen LogP) is 1.62. The van der Waals surface area contributed by atoms with Crippen LogP contribution in [0, 0.1) is 5.92 Å². The molecule has 0 spiro atoms. The maximum atomic E-state index is 14.8. The molecule has 3 aliphatic rings. The van der Waals surface area contributed by atoms with Gasteiger partial charge >= 0.3 is 0 Å². The molecule has 3 saturated heterocycles. The number of anilines is 2. The van der Waals surface area contributed by atoms with Crippen LogP contribution in [0.15, 0.2) is 41.3 Å². The van der Waals surface area contributed by atoms with Crippen molar-refractivity contribution >= 4 is 39.0 Å². The Bertz CT molecular complexity index is 1250. The van der Waals surface area contributed by atoms with E-state index in [-0.39, 0.29) is 73.3 Å². The Morgan fingerprint density at radius 2 is 1.75 bits per heavy atom. The number of hydrogen-bond donors (Lipinski definition) is 2. The minimum atomic E-state index is -3.77. The van der Waals surface area contributed by atoms with E-state index in [9.17, 15) is 22.0 Å². The van der Waals surface area contributed by atoms with Crippen molar-refractivity contribution in [3.8, 4) is 0 Å². The summed E-state index contributed by atoms with van der Waals surface area (Å²) in [6.07, 6.45) is 0.267. The van der Waals surface area contributed by atoms with E-state index >= 15 is 0 Å². The summed E-state index contributed by atoms with van der Waals surface area (Å²) in [6.45, 7) is 1.76. The lowest BCUT2D eigenvalue weighted by molar-refractivity contribution is -0.117. The first-order valence-electron chi connectivity index (χ1n) is 11.7. The van der Waals surface area contributed by atoms with Gasteiger partial charge in [0.25, 0.3) is 5.92 Å². The first-order chi connectivity index (χ1) is 17.1. The highest BCUT2D eigenvalue weighted by atomic mass is 35.5. The van der Waals surface area contributed by atoms with E-state index in [2.05, 4.69) is 10.3 Å². The van der Waals surface area contributed by atoms with E-state index in [1.54, 1.807) is 21.9 Å². The fraction of sp³-hybridized carbons (Fsp3) is 0.478. The number of halogens is 3. The maximum absolute atomic E-state index is 14.8. The number of hydrogen-bond acceptors (Lipinski definition) is 7. The molecule has 1 atom stereocenters. The van der Waals surface area contributed by atoms with E-state index in [1.807, 2.05) is 0 Å². The van der Waals surface area contributed by atoms with Crippen LogP contribution in [0.4, 0.5) is 20.3 Å². The Kier molecular flexibility index (Phi) is 6.66. The van der Waals surface area contributed by atoms with Crippen molar-refractivity contribution in [1.29, 1.82) is 0 Å². The average Bonchev–Trinajstić information content (AvgIpc) is 3.15. The molecule has 36 heavy (non-hydrogen) atoms. The summed E-state index contributed by atoms with van der Waals surface area (Å²) in [5.41, 5.74) is 6.26. The third-order valence-corrected chi connectivity index (χ3v) is 9.07. The van der Waals surface area contributed by atoms with E-state index in [4.69, 9.17) is 17.3 Å². The molecule has 0 aliphatic carbocycles. The number of carbonyl (C=O) groups is 1. The fourth-order valence-corrected chi connectivity index (χ4v) is 6.33. The Hall–Kier alpha value is -2.38. The zero-order valence-electron chi connectivity index (χ0n) is 19.4. The summed E-state index contributed by atoms with van der Waals surface area (Å²) < 4.78 is 57.4. The van der Waals surface area contributed by atoms with E-state index in [1.165, 1.54) is 28.6 Å². The first-order valence-corrected chi connectivity index (χ1v) is 13.6. The fourth-order valence-electron chi connectivity index (χ4n) is 4.71. The van der Waals surface area contributed by atoms with E-state index < -0.39 is 21.9 Å². The molecule has 0 radical (unpaired) electrons. The summed E-state index contributed by atoms with van der Waals surface area (Å²) in [6, 6.07) is 8.48. The minimum absolute atomic E-state index is 0.0259. The Labute approximate surface area is 213 Å². The molecule has 5 rings (SSSR count). The molecule has 4 heterocycles. The number of rotatable bonds is 6. The first kappa shape index (κ1) is 25.3. The third kappa shape index (κ3) is 4.68. The van der Waals surface area contributed by atoms with Gasteiger partial charge in [-0.15, -0.1) is 0 Å². The standard InChI is InChI=1S/C23H27ClF2N6O3S/c24-20-9-15(23(25,26)16-12-28-13-16)10-21(29-20)30-5-7-31(8-6-30)36(34,35)19-3-1-18(2-4-19)32-14-17(27)11-22(32)33/h1-4,9-10,16-17,28H,5-8,11-14,27H2/t17-/m1/s1. The number of benzene rings is 1. The predicted molar refractivity (Wildman–Crippen MR) is 132 cm³/mol. The molecule has 3 fully saturated rings. The lowest BCUT2D eigenvalue weighted by Crippen LogP contribution is -2.50. The van der Waals surface area contributed by atoms with Crippen LogP contribution in [0.25, 0.3) is 0 Å². The van der Waals surface area contributed by atoms with Gasteiger partial charge in [0, 0.05) is 69.5 Å². The highest BCUT2D eigenvalue weighted by molar-refractivity contribution is 7.89. The van der Waals surface area contributed by atoms with E-state index in [0.29, 0.717) is 18.1 Å². The molecule has 13 heteroatoms. The van der Waals surface area contributed by atoms with Gasteiger partial charge in [-0.25, -0.2) is 22.2 Å². The number of nitrogens with one attached hydrogen (secondary N) is 1.